The van der Waals surface area contributed by atoms with Crippen molar-refractivity contribution in [2.24, 2.45) is 11.7 Å². The van der Waals surface area contributed by atoms with Crippen molar-refractivity contribution >= 4 is 11.6 Å². The fourth-order valence-electron chi connectivity index (χ4n) is 1.15. The van der Waals surface area contributed by atoms with Crippen molar-refractivity contribution in [2.45, 2.75) is 26.3 Å². The van der Waals surface area contributed by atoms with Gasteiger partial charge in [-0.05, 0) is 36.1 Å². The quantitative estimate of drug-likeness (QED) is 0.790. The first-order valence-corrected chi connectivity index (χ1v) is 4.48. The van der Waals surface area contributed by atoms with E-state index in [1.54, 1.807) is 6.07 Å². The van der Waals surface area contributed by atoms with Crippen molar-refractivity contribution in [2.75, 3.05) is 0 Å². The van der Waals surface area contributed by atoms with Gasteiger partial charge in [-0.1, -0.05) is 13.8 Å². The maximum Gasteiger partial charge on any atom is 0.193 e. The molecule has 68 valence electrons. The van der Waals surface area contributed by atoms with Crippen molar-refractivity contribution in [3.05, 3.63) is 23.1 Å². The van der Waals surface area contributed by atoms with Gasteiger partial charge in [-0.15, -0.1) is 0 Å². The molecule has 2 N–H and O–H groups in total. The maximum atomic E-state index is 5.86. The van der Waals surface area contributed by atoms with E-state index in [1.807, 2.05) is 6.07 Å². The van der Waals surface area contributed by atoms with E-state index in [-0.39, 0.29) is 6.04 Å². The van der Waals surface area contributed by atoms with Crippen LogP contribution in [0.15, 0.2) is 16.5 Å². The summed E-state index contributed by atoms with van der Waals surface area (Å²) in [5.74, 6) is 1.34. The fourth-order valence-corrected chi connectivity index (χ4v) is 1.30. The van der Waals surface area contributed by atoms with Crippen molar-refractivity contribution < 1.29 is 4.42 Å². The Hall–Kier alpha value is -0.470. The van der Waals surface area contributed by atoms with Gasteiger partial charge in [0.1, 0.15) is 5.76 Å². The molecule has 0 spiro atoms. The van der Waals surface area contributed by atoms with Gasteiger partial charge in [-0.3, -0.25) is 0 Å². The van der Waals surface area contributed by atoms with E-state index in [4.69, 9.17) is 21.8 Å². The molecule has 3 heteroatoms. The van der Waals surface area contributed by atoms with E-state index < -0.39 is 0 Å². The predicted molar refractivity (Wildman–Crippen MR) is 50.1 cm³/mol. The molecule has 12 heavy (non-hydrogen) atoms. The minimum Gasteiger partial charge on any atom is -0.448 e. The number of hydrogen-bond acceptors (Lipinski definition) is 2. The zero-order valence-electron chi connectivity index (χ0n) is 7.38. The topological polar surface area (TPSA) is 39.2 Å². The summed E-state index contributed by atoms with van der Waals surface area (Å²) in [5, 5.41) is 0.407. The zero-order valence-corrected chi connectivity index (χ0v) is 8.14. The molecule has 1 rings (SSSR count). The molecule has 1 atom stereocenters. The SMILES string of the molecule is CC(C)C[C@@H](N)c1ccc(Cl)o1. The number of halogens is 1. The van der Waals surface area contributed by atoms with Gasteiger partial charge in [-0.2, -0.15) is 0 Å². The first-order valence-electron chi connectivity index (χ1n) is 4.10. The summed E-state index contributed by atoms with van der Waals surface area (Å²) in [6, 6.07) is 3.52. The van der Waals surface area contributed by atoms with Crippen LogP contribution in [-0.2, 0) is 0 Å². The molecule has 0 radical (unpaired) electrons. The predicted octanol–water partition coefficient (Wildman–Crippen LogP) is 2.98. The molecule has 1 heterocycles. The van der Waals surface area contributed by atoms with E-state index in [2.05, 4.69) is 13.8 Å². The summed E-state index contributed by atoms with van der Waals surface area (Å²) < 4.78 is 5.19. The monoisotopic (exact) mass is 187 g/mol. The molecular weight excluding hydrogens is 174 g/mol. The largest absolute Gasteiger partial charge is 0.448 e. The lowest BCUT2D eigenvalue weighted by Crippen LogP contribution is -2.11. The van der Waals surface area contributed by atoms with Gasteiger partial charge >= 0.3 is 0 Å². The Balaban J connectivity index is 2.58. The average molecular weight is 188 g/mol. The lowest BCUT2D eigenvalue weighted by atomic mass is 10.0. The minimum absolute atomic E-state index is 0.0301. The summed E-state index contributed by atoms with van der Waals surface area (Å²) in [6.07, 6.45) is 0.920. The van der Waals surface area contributed by atoms with Crippen LogP contribution in [0.2, 0.25) is 5.22 Å². The Labute approximate surface area is 77.7 Å². The van der Waals surface area contributed by atoms with Gasteiger partial charge in [0, 0.05) is 0 Å². The maximum absolute atomic E-state index is 5.86. The third-order valence-electron chi connectivity index (χ3n) is 1.68. The minimum atomic E-state index is -0.0301. The molecule has 0 saturated carbocycles. The molecular formula is C9H14ClNO. The highest BCUT2D eigenvalue weighted by molar-refractivity contribution is 6.28. The molecule has 0 saturated heterocycles. The summed E-state index contributed by atoms with van der Waals surface area (Å²) >= 11 is 5.62. The highest BCUT2D eigenvalue weighted by atomic mass is 35.5. The molecule has 0 amide bonds. The number of furan rings is 1. The average Bonchev–Trinajstić information content (AvgIpc) is 2.34. The van der Waals surface area contributed by atoms with Crippen LogP contribution in [0.3, 0.4) is 0 Å². The summed E-state index contributed by atoms with van der Waals surface area (Å²) in [6.45, 7) is 4.26. The van der Waals surface area contributed by atoms with Crippen LogP contribution in [-0.4, -0.2) is 0 Å². The Morgan fingerprint density at radius 3 is 2.58 bits per heavy atom. The molecule has 0 aliphatic rings. The Kier molecular flexibility index (Phi) is 3.18. The molecule has 1 aromatic heterocycles. The molecule has 0 aromatic carbocycles. The lowest BCUT2D eigenvalue weighted by molar-refractivity contribution is 0.417. The second-order valence-electron chi connectivity index (χ2n) is 3.38. The molecule has 0 unspecified atom stereocenters. The third-order valence-corrected chi connectivity index (χ3v) is 1.89. The van der Waals surface area contributed by atoms with E-state index in [0.717, 1.165) is 12.2 Å². The normalized spacial score (nSPS) is 13.8. The molecule has 2 nitrogen and oxygen atoms in total. The van der Waals surface area contributed by atoms with Crippen LogP contribution in [0, 0.1) is 5.92 Å². The van der Waals surface area contributed by atoms with E-state index in [0.29, 0.717) is 11.1 Å². The first-order chi connectivity index (χ1) is 5.59. The number of nitrogens with two attached hydrogens (primary N) is 1. The fraction of sp³-hybridized carbons (Fsp3) is 0.556. The molecule has 0 aliphatic carbocycles. The Morgan fingerprint density at radius 2 is 2.17 bits per heavy atom. The highest BCUT2D eigenvalue weighted by Crippen LogP contribution is 2.22. The van der Waals surface area contributed by atoms with Crippen LogP contribution in [0.4, 0.5) is 0 Å². The molecule has 0 fully saturated rings. The van der Waals surface area contributed by atoms with E-state index >= 15 is 0 Å². The summed E-state index contributed by atoms with van der Waals surface area (Å²) in [5.41, 5.74) is 5.86. The molecule has 0 bridgehead atoms. The van der Waals surface area contributed by atoms with Crippen LogP contribution in [0.25, 0.3) is 0 Å². The van der Waals surface area contributed by atoms with E-state index in [1.165, 1.54) is 0 Å². The van der Waals surface area contributed by atoms with E-state index in [9.17, 15) is 0 Å². The van der Waals surface area contributed by atoms with Crippen LogP contribution < -0.4 is 5.73 Å². The van der Waals surface area contributed by atoms with Gasteiger partial charge in [0.15, 0.2) is 5.22 Å². The van der Waals surface area contributed by atoms with Gasteiger partial charge in [0.05, 0.1) is 6.04 Å². The van der Waals surface area contributed by atoms with Crippen LogP contribution >= 0.6 is 11.6 Å². The zero-order chi connectivity index (χ0) is 9.14. The standard InChI is InChI=1S/C9H14ClNO/c1-6(2)5-7(11)8-3-4-9(10)12-8/h3-4,6-7H,5,11H2,1-2H3/t7-/m1/s1. The third kappa shape index (κ3) is 2.54. The van der Waals surface area contributed by atoms with Crippen LogP contribution in [0.1, 0.15) is 32.1 Å². The van der Waals surface area contributed by atoms with Gasteiger partial charge in [0.2, 0.25) is 0 Å². The molecule has 0 aliphatic heterocycles. The molecule has 1 aromatic rings. The first kappa shape index (κ1) is 9.62. The summed E-state index contributed by atoms with van der Waals surface area (Å²) in [7, 11) is 0. The van der Waals surface area contributed by atoms with Crippen LogP contribution in [0.5, 0.6) is 0 Å². The smallest absolute Gasteiger partial charge is 0.193 e. The number of hydrogen-bond donors (Lipinski definition) is 1. The van der Waals surface area contributed by atoms with Crippen molar-refractivity contribution in [3.8, 4) is 0 Å². The lowest BCUT2D eigenvalue weighted by Gasteiger charge is -2.10. The van der Waals surface area contributed by atoms with Gasteiger partial charge in [-0.25, -0.2) is 0 Å². The highest BCUT2D eigenvalue weighted by Gasteiger charge is 2.11. The summed E-state index contributed by atoms with van der Waals surface area (Å²) in [4.78, 5) is 0. The van der Waals surface area contributed by atoms with Gasteiger partial charge < -0.3 is 10.2 Å². The van der Waals surface area contributed by atoms with Crippen molar-refractivity contribution in [1.82, 2.24) is 0 Å². The second-order valence-corrected chi connectivity index (χ2v) is 3.75. The van der Waals surface area contributed by atoms with Crippen molar-refractivity contribution in [1.29, 1.82) is 0 Å². The second kappa shape index (κ2) is 3.97. The number of rotatable bonds is 3. The Bertz CT molecular complexity index is 244. The van der Waals surface area contributed by atoms with Gasteiger partial charge in [0.25, 0.3) is 0 Å². The Morgan fingerprint density at radius 1 is 1.50 bits per heavy atom. The van der Waals surface area contributed by atoms with Crippen molar-refractivity contribution in [3.63, 3.8) is 0 Å².